The molecular formula is C21H25N7O2. The van der Waals surface area contributed by atoms with Crippen molar-refractivity contribution in [3.63, 3.8) is 0 Å². The van der Waals surface area contributed by atoms with Crippen LogP contribution in [-0.2, 0) is 4.79 Å². The number of aromatic nitrogens is 4. The van der Waals surface area contributed by atoms with Crippen LogP contribution in [0.3, 0.4) is 0 Å². The SMILES string of the molecule is CN1CC[C@]2(CN(c3ncccn3)CC23CCN(C(=O)c2ccnnc2)CC3)C1=O. The summed E-state index contributed by atoms with van der Waals surface area (Å²) in [5, 5.41) is 7.57. The molecule has 1 atom stereocenters. The molecule has 9 nitrogen and oxygen atoms in total. The van der Waals surface area contributed by atoms with Gasteiger partial charge in [-0.3, -0.25) is 9.59 Å². The molecule has 0 unspecified atom stereocenters. The first-order valence-corrected chi connectivity index (χ1v) is 10.4. The minimum Gasteiger partial charge on any atom is -0.345 e. The van der Waals surface area contributed by atoms with Gasteiger partial charge in [0.1, 0.15) is 0 Å². The van der Waals surface area contributed by atoms with Crippen molar-refractivity contribution in [1.29, 1.82) is 0 Å². The summed E-state index contributed by atoms with van der Waals surface area (Å²) in [6.45, 7) is 3.42. The van der Waals surface area contributed by atoms with Gasteiger partial charge in [-0.15, -0.1) is 0 Å². The normalized spacial score (nSPS) is 25.5. The molecule has 0 saturated carbocycles. The maximum absolute atomic E-state index is 13.4. The first-order valence-electron chi connectivity index (χ1n) is 10.4. The number of likely N-dealkylation sites (tertiary alicyclic amines) is 2. The van der Waals surface area contributed by atoms with Crippen LogP contribution in [0.5, 0.6) is 0 Å². The van der Waals surface area contributed by atoms with E-state index in [4.69, 9.17) is 0 Å². The van der Waals surface area contributed by atoms with Gasteiger partial charge in [-0.2, -0.15) is 10.2 Å². The summed E-state index contributed by atoms with van der Waals surface area (Å²) < 4.78 is 0. The number of fused-ring (bicyclic) bond motifs is 1. The zero-order valence-corrected chi connectivity index (χ0v) is 17.1. The van der Waals surface area contributed by atoms with Crippen LogP contribution in [0.15, 0.2) is 36.9 Å². The number of hydrogen-bond acceptors (Lipinski definition) is 7. The zero-order chi connectivity index (χ0) is 20.8. The Morgan fingerprint density at radius 1 is 1.00 bits per heavy atom. The fourth-order valence-electron chi connectivity index (χ4n) is 5.61. The number of anilines is 1. The fraction of sp³-hybridized carbons (Fsp3) is 0.524. The van der Waals surface area contributed by atoms with Gasteiger partial charge in [0.25, 0.3) is 5.91 Å². The van der Waals surface area contributed by atoms with Gasteiger partial charge in [0.15, 0.2) is 0 Å². The smallest absolute Gasteiger partial charge is 0.255 e. The summed E-state index contributed by atoms with van der Waals surface area (Å²) in [4.78, 5) is 41.0. The number of carbonyl (C=O) groups excluding carboxylic acids is 2. The van der Waals surface area contributed by atoms with Gasteiger partial charge < -0.3 is 14.7 Å². The maximum Gasteiger partial charge on any atom is 0.255 e. The first kappa shape index (κ1) is 18.9. The largest absolute Gasteiger partial charge is 0.345 e. The molecule has 0 radical (unpaired) electrons. The van der Waals surface area contributed by atoms with Crippen molar-refractivity contribution in [3.8, 4) is 0 Å². The monoisotopic (exact) mass is 407 g/mol. The lowest BCUT2D eigenvalue weighted by atomic mass is 9.60. The predicted octanol–water partition coefficient (Wildman–Crippen LogP) is 0.858. The van der Waals surface area contributed by atoms with E-state index in [1.54, 1.807) is 24.5 Å². The lowest BCUT2D eigenvalue weighted by Gasteiger charge is -2.46. The van der Waals surface area contributed by atoms with Crippen LogP contribution in [0, 0.1) is 10.8 Å². The van der Waals surface area contributed by atoms with E-state index >= 15 is 0 Å². The van der Waals surface area contributed by atoms with Crippen LogP contribution >= 0.6 is 0 Å². The fourth-order valence-corrected chi connectivity index (χ4v) is 5.61. The Hall–Kier alpha value is -3.10. The second-order valence-electron chi connectivity index (χ2n) is 8.67. The second kappa shape index (κ2) is 7.00. The summed E-state index contributed by atoms with van der Waals surface area (Å²) >= 11 is 0. The van der Waals surface area contributed by atoms with Crippen molar-refractivity contribution in [3.05, 3.63) is 42.5 Å². The summed E-state index contributed by atoms with van der Waals surface area (Å²) in [5.74, 6) is 0.876. The van der Waals surface area contributed by atoms with Crippen molar-refractivity contribution in [2.45, 2.75) is 19.3 Å². The molecule has 5 heterocycles. The highest BCUT2D eigenvalue weighted by molar-refractivity contribution is 5.94. The third kappa shape index (κ3) is 2.75. The summed E-state index contributed by atoms with van der Waals surface area (Å²) in [7, 11) is 1.89. The quantitative estimate of drug-likeness (QED) is 0.728. The molecular weight excluding hydrogens is 382 g/mol. The van der Waals surface area contributed by atoms with E-state index in [0.717, 1.165) is 32.4 Å². The molecule has 9 heteroatoms. The van der Waals surface area contributed by atoms with Gasteiger partial charge in [-0.25, -0.2) is 9.97 Å². The molecule has 3 aliphatic rings. The lowest BCUT2D eigenvalue weighted by molar-refractivity contribution is -0.140. The molecule has 0 N–H and O–H groups in total. The van der Waals surface area contributed by atoms with Crippen LogP contribution in [0.1, 0.15) is 29.6 Å². The Morgan fingerprint density at radius 2 is 1.77 bits per heavy atom. The first-order chi connectivity index (χ1) is 14.5. The molecule has 0 aromatic carbocycles. The molecule has 2 aromatic heterocycles. The number of carbonyl (C=O) groups is 2. The Labute approximate surface area is 175 Å². The minimum absolute atomic E-state index is 0.0232. The minimum atomic E-state index is -0.436. The van der Waals surface area contributed by atoms with Crippen LogP contribution in [-0.4, -0.2) is 81.6 Å². The highest BCUT2D eigenvalue weighted by Crippen LogP contribution is 2.58. The highest BCUT2D eigenvalue weighted by Gasteiger charge is 2.65. The van der Waals surface area contributed by atoms with Crippen molar-refractivity contribution < 1.29 is 9.59 Å². The van der Waals surface area contributed by atoms with E-state index < -0.39 is 5.41 Å². The average molecular weight is 407 g/mol. The summed E-state index contributed by atoms with van der Waals surface area (Å²) in [6.07, 6.45) is 8.95. The molecule has 3 fully saturated rings. The van der Waals surface area contributed by atoms with E-state index in [2.05, 4.69) is 25.1 Å². The second-order valence-corrected chi connectivity index (χ2v) is 8.67. The Balaban J connectivity index is 1.42. The molecule has 2 amide bonds. The van der Waals surface area contributed by atoms with Crippen molar-refractivity contribution in [2.24, 2.45) is 10.8 Å². The van der Waals surface area contributed by atoms with E-state index in [1.165, 1.54) is 12.4 Å². The third-order valence-electron chi connectivity index (χ3n) is 7.27. The van der Waals surface area contributed by atoms with Gasteiger partial charge in [-0.05, 0) is 31.4 Å². The van der Waals surface area contributed by atoms with Crippen LogP contribution in [0.25, 0.3) is 0 Å². The van der Waals surface area contributed by atoms with Gasteiger partial charge in [0.05, 0.1) is 23.4 Å². The maximum atomic E-state index is 13.4. The van der Waals surface area contributed by atoms with E-state index in [0.29, 0.717) is 31.1 Å². The van der Waals surface area contributed by atoms with E-state index in [1.807, 2.05) is 16.8 Å². The molecule has 2 aromatic rings. The third-order valence-corrected chi connectivity index (χ3v) is 7.27. The van der Waals surface area contributed by atoms with Crippen LogP contribution in [0.4, 0.5) is 5.95 Å². The number of amides is 2. The van der Waals surface area contributed by atoms with Gasteiger partial charge in [0.2, 0.25) is 11.9 Å². The molecule has 3 saturated heterocycles. The molecule has 5 rings (SSSR count). The van der Waals surface area contributed by atoms with Crippen LogP contribution in [0.2, 0.25) is 0 Å². The lowest BCUT2D eigenvalue weighted by Crippen LogP contribution is -2.53. The highest BCUT2D eigenvalue weighted by atomic mass is 16.2. The number of rotatable bonds is 2. The van der Waals surface area contributed by atoms with E-state index in [9.17, 15) is 9.59 Å². The van der Waals surface area contributed by atoms with Crippen molar-refractivity contribution in [1.82, 2.24) is 30.0 Å². The average Bonchev–Trinajstić information content (AvgIpc) is 3.28. The molecule has 0 aliphatic carbocycles. The molecule has 2 spiro atoms. The standard InChI is InChI=1S/C21H25N7O2/c1-26-10-6-21(18(26)30)15-28(19-22-7-2-8-23-19)14-20(21)4-11-27(12-5-20)17(29)16-3-9-24-25-13-16/h2-3,7-9,13H,4-6,10-12,14-15H2,1H3/t21-/m0/s1. The Kier molecular flexibility index (Phi) is 4.41. The topological polar surface area (TPSA) is 95.4 Å². The summed E-state index contributed by atoms with van der Waals surface area (Å²) in [5.41, 5.74) is -0.0617. The Bertz CT molecular complexity index is 946. The zero-order valence-electron chi connectivity index (χ0n) is 17.1. The molecule has 0 bridgehead atoms. The van der Waals surface area contributed by atoms with Crippen LogP contribution < -0.4 is 4.90 Å². The summed E-state index contributed by atoms with van der Waals surface area (Å²) in [6, 6.07) is 3.50. The number of hydrogen-bond donors (Lipinski definition) is 0. The predicted molar refractivity (Wildman–Crippen MR) is 109 cm³/mol. The number of nitrogens with zero attached hydrogens (tertiary/aromatic N) is 7. The van der Waals surface area contributed by atoms with Crippen molar-refractivity contribution in [2.75, 3.05) is 44.7 Å². The van der Waals surface area contributed by atoms with Gasteiger partial charge in [-0.1, -0.05) is 0 Å². The van der Waals surface area contributed by atoms with E-state index in [-0.39, 0.29) is 17.2 Å². The molecule has 156 valence electrons. The van der Waals surface area contributed by atoms with Gasteiger partial charge >= 0.3 is 0 Å². The molecule has 30 heavy (non-hydrogen) atoms. The Morgan fingerprint density at radius 3 is 2.40 bits per heavy atom. The van der Waals surface area contributed by atoms with Crippen molar-refractivity contribution >= 4 is 17.8 Å². The molecule has 3 aliphatic heterocycles. The number of piperidine rings is 1. The van der Waals surface area contributed by atoms with Gasteiger partial charge in [0, 0.05) is 57.6 Å².